The van der Waals surface area contributed by atoms with Crippen LogP contribution in [0.15, 0.2) is 22.3 Å². The normalized spacial score (nSPS) is 14.1. The van der Waals surface area contributed by atoms with Gasteiger partial charge in [0.25, 0.3) is 5.91 Å². The van der Waals surface area contributed by atoms with Crippen molar-refractivity contribution >= 4 is 18.1 Å². The van der Waals surface area contributed by atoms with E-state index < -0.39 is 5.91 Å². The molecule has 0 aromatic heterocycles. The standard InChI is InChI=1S/C16H27N5O2/c1-6-8-14(11-17)23-12(3)9-10-20-16(18-5)21-15(22)13(4)19-7-2/h1,7,12,14H,4,8-11,17H2,2-3,5H3,(H2,18,20,21,22). The summed E-state index contributed by atoms with van der Waals surface area (Å²) in [5.74, 6) is 2.49. The molecular weight excluding hydrogens is 294 g/mol. The van der Waals surface area contributed by atoms with E-state index in [0.717, 1.165) is 0 Å². The fraction of sp³-hybridized carbons (Fsp3) is 0.562. The number of hydrogen-bond acceptors (Lipinski definition) is 5. The summed E-state index contributed by atoms with van der Waals surface area (Å²) in [6, 6.07) is 0. The Morgan fingerprint density at radius 1 is 1.57 bits per heavy atom. The summed E-state index contributed by atoms with van der Waals surface area (Å²) in [5, 5.41) is 5.62. The van der Waals surface area contributed by atoms with E-state index >= 15 is 0 Å². The van der Waals surface area contributed by atoms with Crippen LogP contribution < -0.4 is 16.4 Å². The highest BCUT2D eigenvalue weighted by molar-refractivity contribution is 6.05. The van der Waals surface area contributed by atoms with Crippen LogP contribution in [0.3, 0.4) is 0 Å². The van der Waals surface area contributed by atoms with E-state index in [1.165, 1.54) is 6.21 Å². The minimum absolute atomic E-state index is 0.0159. The van der Waals surface area contributed by atoms with Crippen molar-refractivity contribution in [1.82, 2.24) is 10.6 Å². The molecule has 0 rings (SSSR count). The van der Waals surface area contributed by atoms with E-state index in [4.69, 9.17) is 16.9 Å². The van der Waals surface area contributed by atoms with Gasteiger partial charge in [0.1, 0.15) is 5.70 Å². The quantitative estimate of drug-likeness (QED) is 0.248. The average molecular weight is 321 g/mol. The van der Waals surface area contributed by atoms with Crippen LogP contribution >= 0.6 is 0 Å². The lowest BCUT2D eigenvalue weighted by atomic mass is 10.2. The Morgan fingerprint density at radius 3 is 2.78 bits per heavy atom. The largest absolute Gasteiger partial charge is 0.373 e. The van der Waals surface area contributed by atoms with Gasteiger partial charge in [-0.15, -0.1) is 12.3 Å². The van der Waals surface area contributed by atoms with Crippen LogP contribution in [0.4, 0.5) is 0 Å². The van der Waals surface area contributed by atoms with Crippen molar-refractivity contribution in [3.63, 3.8) is 0 Å². The van der Waals surface area contributed by atoms with Gasteiger partial charge in [-0.25, -0.2) is 0 Å². The SMILES string of the molecule is C#CCC(CN)OC(C)CCNC(=NC)NC(=O)C(=C)N=CC. The molecule has 2 atom stereocenters. The first-order chi connectivity index (χ1) is 11.0. The molecule has 0 aliphatic heterocycles. The number of guanidine groups is 1. The third kappa shape index (κ3) is 9.45. The van der Waals surface area contributed by atoms with Crippen LogP contribution in [0.1, 0.15) is 26.7 Å². The molecular formula is C16H27N5O2. The van der Waals surface area contributed by atoms with Gasteiger partial charge in [0.15, 0.2) is 5.96 Å². The highest BCUT2D eigenvalue weighted by atomic mass is 16.5. The number of carbonyl (C=O) groups is 1. The summed E-state index contributed by atoms with van der Waals surface area (Å²) < 4.78 is 5.74. The molecule has 0 heterocycles. The van der Waals surface area contributed by atoms with E-state index in [1.807, 2.05) is 6.92 Å². The summed E-state index contributed by atoms with van der Waals surface area (Å²) in [7, 11) is 1.58. The molecule has 1 amide bonds. The third-order valence-corrected chi connectivity index (χ3v) is 2.88. The number of rotatable bonds is 9. The zero-order valence-corrected chi connectivity index (χ0v) is 14.1. The second kappa shape index (κ2) is 12.4. The minimum Gasteiger partial charge on any atom is -0.373 e. The van der Waals surface area contributed by atoms with Crippen molar-refractivity contribution in [3.05, 3.63) is 12.3 Å². The lowest BCUT2D eigenvalue weighted by Crippen LogP contribution is -2.42. The van der Waals surface area contributed by atoms with E-state index in [9.17, 15) is 4.79 Å². The zero-order valence-electron chi connectivity index (χ0n) is 14.1. The predicted octanol–water partition coefficient (Wildman–Crippen LogP) is 0.428. The lowest BCUT2D eigenvalue weighted by Gasteiger charge is -2.20. The molecule has 0 spiro atoms. The fourth-order valence-electron chi connectivity index (χ4n) is 1.68. The number of hydrogen-bond donors (Lipinski definition) is 3. The Hall–Kier alpha value is -2.17. The van der Waals surface area contributed by atoms with Crippen molar-refractivity contribution in [1.29, 1.82) is 0 Å². The first-order valence-electron chi connectivity index (χ1n) is 7.47. The summed E-state index contributed by atoms with van der Waals surface area (Å²) >= 11 is 0. The molecule has 0 aliphatic carbocycles. The van der Waals surface area contributed by atoms with Crippen molar-refractivity contribution in [2.24, 2.45) is 15.7 Å². The molecule has 128 valence electrons. The number of carbonyl (C=O) groups excluding carboxylic acids is 1. The van der Waals surface area contributed by atoms with Gasteiger partial charge in [-0.1, -0.05) is 6.58 Å². The molecule has 23 heavy (non-hydrogen) atoms. The first-order valence-corrected chi connectivity index (χ1v) is 7.47. The van der Waals surface area contributed by atoms with Gasteiger partial charge in [-0.2, -0.15) is 0 Å². The van der Waals surface area contributed by atoms with Gasteiger partial charge in [0, 0.05) is 32.8 Å². The van der Waals surface area contributed by atoms with Gasteiger partial charge >= 0.3 is 0 Å². The number of aliphatic imine (C=N–C) groups is 2. The Balaban J connectivity index is 4.20. The fourth-order valence-corrected chi connectivity index (χ4v) is 1.68. The molecule has 0 radical (unpaired) electrons. The number of terminal acetylenes is 1. The van der Waals surface area contributed by atoms with Crippen LogP contribution in [0.2, 0.25) is 0 Å². The Morgan fingerprint density at radius 2 is 2.26 bits per heavy atom. The van der Waals surface area contributed by atoms with E-state index in [-0.39, 0.29) is 17.9 Å². The minimum atomic E-state index is -0.405. The molecule has 0 saturated heterocycles. The van der Waals surface area contributed by atoms with Gasteiger partial charge < -0.3 is 15.8 Å². The van der Waals surface area contributed by atoms with Gasteiger partial charge in [-0.05, 0) is 20.3 Å². The predicted molar refractivity (Wildman–Crippen MR) is 94.3 cm³/mol. The summed E-state index contributed by atoms with van der Waals surface area (Å²) in [4.78, 5) is 19.5. The second-order valence-electron chi connectivity index (χ2n) is 4.79. The maximum absolute atomic E-state index is 11.8. The summed E-state index contributed by atoms with van der Waals surface area (Å²) in [5.41, 5.74) is 5.71. The number of nitrogens with one attached hydrogen (secondary N) is 2. The van der Waals surface area contributed by atoms with Crippen molar-refractivity contribution < 1.29 is 9.53 Å². The molecule has 0 bridgehead atoms. The third-order valence-electron chi connectivity index (χ3n) is 2.88. The second-order valence-corrected chi connectivity index (χ2v) is 4.79. The van der Waals surface area contributed by atoms with E-state index in [1.54, 1.807) is 14.0 Å². The molecule has 2 unspecified atom stereocenters. The van der Waals surface area contributed by atoms with Gasteiger partial charge in [0.2, 0.25) is 0 Å². The number of ether oxygens (including phenoxy) is 1. The van der Waals surface area contributed by atoms with Crippen molar-refractivity contribution in [2.45, 2.75) is 38.9 Å². The molecule has 7 nitrogen and oxygen atoms in total. The molecule has 7 heteroatoms. The molecule has 0 aromatic carbocycles. The molecule has 4 N–H and O–H groups in total. The first kappa shape index (κ1) is 20.8. The topological polar surface area (TPSA) is 101 Å². The maximum atomic E-state index is 11.8. The average Bonchev–Trinajstić information content (AvgIpc) is 2.53. The van der Waals surface area contributed by atoms with Crippen LogP contribution in [-0.4, -0.2) is 50.4 Å². The maximum Gasteiger partial charge on any atom is 0.275 e. The molecule has 0 fully saturated rings. The molecule has 0 aliphatic rings. The molecule has 0 aromatic rings. The molecule has 0 saturated carbocycles. The Bertz CT molecular complexity index is 479. The monoisotopic (exact) mass is 321 g/mol. The number of amides is 1. The van der Waals surface area contributed by atoms with E-state index in [0.29, 0.717) is 31.9 Å². The van der Waals surface area contributed by atoms with Crippen molar-refractivity contribution in [2.75, 3.05) is 20.1 Å². The lowest BCUT2D eigenvalue weighted by molar-refractivity contribution is -0.116. The Labute approximate surface area is 138 Å². The van der Waals surface area contributed by atoms with Gasteiger partial charge in [0.05, 0.1) is 12.2 Å². The van der Waals surface area contributed by atoms with Crippen LogP contribution in [0, 0.1) is 12.3 Å². The van der Waals surface area contributed by atoms with Gasteiger partial charge in [-0.3, -0.25) is 20.1 Å². The van der Waals surface area contributed by atoms with Crippen LogP contribution in [0.25, 0.3) is 0 Å². The highest BCUT2D eigenvalue weighted by Gasteiger charge is 2.12. The highest BCUT2D eigenvalue weighted by Crippen LogP contribution is 2.04. The van der Waals surface area contributed by atoms with Crippen LogP contribution in [0.5, 0.6) is 0 Å². The van der Waals surface area contributed by atoms with Crippen molar-refractivity contribution in [3.8, 4) is 12.3 Å². The smallest absolute Gasteiger partial charge is 0.275 e. The number of nitrogens with zero attached hydrogens (tertiary/aromatic N) is 2. The summed E-state index contributed by atoms with van der Waals surface area (Å²) in [6.07, 6.45) is 7.81. The summed E-state index contributed by atoms with van der Waals surface area (Å²) in [6.45, 7) is 8.18. The Kier molecular flexibility index (Phi) is 11.2. The zero-order chi connectivity index (χ0) is 17.7. The van der Waals surface area contributed by atoms with E-state index in [2.05, 4.69) is 33.1 Å². The van der Waals surface area contributed by atoms with Crippen LogP contribution in [-0.2, 0) is 9.53 Å². The number of nitrogens with two attached hydrogens (primary N) is 1.